The lowest BCUT2D eigenvalue weighted by molar-refractivity contribution is -0.135. The van der Waals surface area contributed by atoms with Crippen molar-refractivity contribution in [2.75, 3.05) is 26.8 Å². The number of carbonyl (C=O) groups excluding carboxylic acids is 1. The van der Waals surface area contributed by atoms with E-state index in [-0.39, 0.29) is 17.5 Å². The van der Waals surface area contributed by atoms with E-state index in [4.69, 9.17) is 9.72 Å². The summed E-state index contributed by atoms with van der Waals surface area (Å²) in [5.74, 6) is 0.219. The predicted octanol–water partition coefficient (Wildman–Crippen LogP) is 2.39. The second-order valence-corrected chi connectivity index (χ2v) is 8.24. The molecule has 1 unspecified atom stereocenters. The largest absolute Gasteiger partial charge is 0.381 e. The maximum atomic E-state index is 13.1. The van der Waals surface area contributed by atoms with Gasteiger partial charge in [-0.05, 0) is 32.6 Å². The van der Waals surface area contributed by atoms with E-state index in [2.05, 4.69) is 9.88 Å². The average Bonchev–Trinajstić information content (AvgIpc) is 3.13. The monoisotopic (exact) mass is 360 g/mol. The van der Waals surface area contributed by atoms with Crippen LogP contribution in [-0.2, 0) is 21.5 Å². The second kappa shape index (κ2) is 7.31. The van der Waals surface area contributed by atoms with E-state index in [1.54, 1.807) is 0 Å². The summed E-state index contributed by atoms with van der Waals surface area (Å²) in [6.45, 7) is 4.52. The standard InChI is InChI=1S/C20H32N4O2/c1-15(19(25)23(2)16-6-4-3-5-7-16)24-14-21-18-17(24)8-11-22-20(18)9-12-26-13-10-20/h14-16,22H,3-13H2,1-2H3. The minimum atomic E-state index is -0.187. The van der Waals surface area contributed by atoms with Crippen molar-refractivity contribution < 1.29 is 9.53 Å². The molecule has 1 aromatic heterocycles. The summed E-state index contributed by atoms with van der Waals surface area (Å²) < 4.78 is 7.70. The average molecular weight is 361 g/mol. The highest BCUT2D eigenvalue weighted by Crippen LogP contribution is 2.37. The Hall–Kier alpha value is -1.40. The van der Waals surface area contributed by atoms with E-state index in [0.717, 1.165) is 57.6 Å². The third-order valence-electron chi connectivity index (χ3n) is 6.77. The Morgan fingerprint density at radius 3 is 2.81 bits per heavy atom. The van der Waals surface area contributed by atoms with Gasteiger partial charge in [0.1, 0.15) is 6.04 Å². The number of amides is 1. The minimum absolute atomic E-state index is 0.0604. The lowest BCUT2D eigenvalue weighted by atomic mass is 9.82. The molecule has 1 amide bonds. The van der Waals surface area contributed by atoms with E-state index < -0.39 is 0 Å². The smallest absolute Gasteiger partial charge is 0.245 e. The van der Waals surface area contributed by atoms with Crippen molar-refractivity contribution in [3.05, 3.63) is 17.7 Å². The number of ether oxygens (including phenoxy) is 1. The van der Waals surface area contributed by atoms with Crippen LogP contribution in [0.3, 0.4) is 0 Å². The van der Waals surface area contributed by atoms with Gasteiger partial charge in [-0.1, -0.05) is 19.3 Å². The van der Waals surface area contributed by atoms with Gasteiger partial charge in [-0.3, -0.25) is 4.79 Å². The number of rotatable bonds is 3. The molecule has 26 heavy (non-hydrogen) atoms. The van der Waals surface area contributed by atoms with E-state index in [0.29, 0.717) is 6.04 Å². The van der Waals surface area contributed by atoms with Gasteiger partial charge in [0, 0.05) is 45.0 Å². The molecule has 1 aromatic rings. The minimum Gasteiger partial charge on any atom is -0.381 e. The molecule has 1 saturated carbocycles. The Kier molecular flexibility index (Phi) is 5.06. The molecule has 3 heterocycles. The van der Waals surface area contributed by atoms with E-state index in [1.165, 1.54) is 25.0 Å². The Balaban J connectivity index is 1.55. The molecule has 0 aromatic carbocycles. The summed E-state index contributed by atoms with van der Waals surface area (Å²) in [5, 5.41) is 3.70. The van der Waals surface area contributed by atoms with Gasteiger partial charge in [-0.25, -0.2) is 4.98 Å². The predicted molar refractivity (Wildman–Crippen MR) is 100 cm³/mol. The molecule has 1 atom stereocenters. The molecule has 1 saturated heterocycles. The Morgan fingerprint density at radius 1 is 1.35 bits per heavy atom. The lowest BCUT2D eigenvalue weighted by Crippen LogP contribution is -2.51. The number of nitrogens with zero attached hydrogens (tertiary/aromatic N) is 3. The highest BCUT2D eigenvalue weighted by molar-refractivity contribution is 5.80. The summed E-state index contributed by atoms with van der Waals surface area (Å²) in [5.41, 5.74) is 2.32. The van der Waals surface area contributed by atoms with E-state index in [9.17, 15) is 4.79 Å². The summed E-state index contributed by atoms with van der Waals surface area (Å²) in [4.78, 5) is 19.9. The number of likely N-dealkylation sites (N-methyl/N-ethyl adjacent to an activating group) is 1. The molecular weight excluding hydrogens is 328 g/mol. The number of aromatic nitrogens is 2. The molecule has 2 fully saturated rings. The van der Waals surface area contributed by atoms with Crippen molar-refractivity contribution in [1.29, 1.82) is 0 Å². The van der Waals surface area contributed by atoms with Crippen LogP contribution in [0.2, 0.25) is 0 Å². The van der Waals surface area contributed by atoms with Gasteiger partial charge in [0.15, 0.2) is 0 Å². The van der Waals surface area contributed by atoms with Gasteiger partial charge in [-0.2, -0.15) is 0 Å². The Bertz CT molecular complexity index is 644. The molecule has 2 aliphatic heterocycles. The van der Waals surface area contributed by atoms with Crippen LogP contribution in [0.5, 0.6) is 0 Å². The molecule has 1 aliphatic carbocycles. The van der Waals surface area contributed by atoms with Gasteiger partial charge >= 0.3 is 0 Å². The summed E-state index contributed by atoms with van der Waals surface area (Å²) in [6, 6.07) is 0.217. The first-order valence-electron chi connectivity index (χ1n) is 10.3. The van der Waals surface area contributed by atoms with Crippen LogP contribution < -0.4 is 5.32 Å². The van der Waals surface area contributed by atoms with E-state index in [1.807, 2.05) is 25.2 Å². The molecule has 1 spiro atoms. The number of hydrogen-bond donors (Lipinski definition) is 1. The van der Waals surface area contributed by atoms with Crippen molar-refractivity contribution in [3.63, 3.8) is 0 Å². The first kappa shape index (κ1) is 18.0. The van der Waals surface area contributed by atoms with Crippen LogP contribution in [0.1, 0.15) is 69.3 Å². The first-order valence-corrected chi connectivity index (χ1v) is 10.3. The summed E-state index contributed by atoms with van der Waals surface area (Å²) in [7, 11) is 1.99. The zero-order valence-electron chi connectivity index (χ0n) is 16.2. The maximum Gasteiger partial charge on any atom is 0.245 e. The number of fused-ring (bicyclic) bond motifs is 2. The van der Waals surface area contributed by atoms with Gasteiger partial charge < -0.3 is 19.5 Å². The van der Waals surface area contributed by atoms with Crippen LogP contribution in [-0.4, -0.2) is 53.2 Å². The SMILES string of the molecule is CC(C(=O)N(C)C1CCCCC1)n1cnc2c1CCNC21CCOCC1. The lowest BCUT2D eigenvalue weighted by Gasteiger charge is -2.41. The van der Waals surface area contributed by atoms with Crippen LogP contribution in [0.4, 0.5) is 0 Å². The molecule has 4 rings (SSSR count). The summed E-state index contributed by atoms with van der Waals surface area (Å²) in [6.07, 6.45) is 10.8. The number of hydrogen-bond acceptors (Lipinski definition) is 4. The highest BCUT2D eigenvalue weighted by Gasteiger charge is 2.41. The molecule has 6 heteroatoms. The zero-order valence-corrected chi connectivity index (χ0v) is 16.2. The molecule has 3 aliphatic rings. The Labute approximate surface area is 156 Å². The molecule has 0 radical (unpaired) electrons. The number of imidazole rings is 1. The second-order valence-electron chi connectivity index (χ2n) is 8.24. The van der Waals surface area contributed by atoms with Gasteiger partial charge in [0.05, 0.1) is 17.6 Å². The van der Waals surface area contributed by atoms with Crippen LogP contribution in [0, 0.1) is 0 Å². The third kappa shape index (κ3) is 3.07. The Morgan fingerprint density at radius 2 is 2.08 bits per heavy atom. The van der Waals surface area contributed by atoms with Crippen LogP contribution in [0.15, 0.2) is 6.33 Å². The summed E-state index contributed by atoms with van der Waals surface area (Å²) >= 11 is 0. The normalized spacial score (nSPS) is 24.2. The molecule has 6 nitrogen and oxygen atoms in total. The van der Waals surface area contributed by atoms with Crippen molar-refractivity contribution in [2.24, 2.45) is 0 Å². The van der Waals surface area contributed by atoms with Gasteiger partial charge in [0.25, 0.3) is 0 Å². The topological polar surface area (TPSA) is 59.4 Å². The van der Waals surface area contributed by atoms with Crippen LogP contribution in [0.25, 0.3) is 0 Å². The molecular formula is C20H32N4O2. The van der Waals surface area contributed by atoms with E-state index >= 15 is 0 Å². The number of nitrogens with one attached hydrogen (secondary N) is 1. The fourth-order valence-corrected chi connectivity index (χ4v) is 5.07. The fourth-order valence-electron chi connectivity index (χ4n) is 5.07. The maximum absolute atomic E-state index is 13.1. The zero-order chi connectivity index (χ0) is 18.1. The molecule has 144 valence electrons. The van der Waals surface area contributed by atoms with Crippen molar-refractivity contribution in [1.82, 2.24) is 19.8 Å². The van der Waals surface area contributed by atoms with Gasteiger partial charge in [-0.15, -0.1) is 0 Å². The van der Waals surface area contributed by atoms with Gasteiger partial charge in [0.2, 0.25) is 5.91 Å². The van der Waals surface area contributed by atoms with Crippen molar-refractivity contribution in [2.45, 2.75) is 75.9 Å². The molecule has 1 N–H and O–H groups in total. The number of carbonyl (C=O) groups is 1. The third-order valence-corrected chi connectivity index (χ3v) is 6.77. The fraction of sp³-hybridized carbons (Fsp3) is 0.800. The van der Waals surface area contributed by atoms with Crippen molar-refractivity contribution >= 4 is 5.91 Å². The van der Waals surface area contributed by atoms with Crippen molar-refractivity contribution in [3.8, 4) is 0 Å². The molecule has 0 bridgehead atoms. The van der Waals surface area contributed by atoms with Crippen LogP contribution >= 0.6 is 0 Å². The quantitative estimate of drug-likeness (QED) is 0.899. The first-order chi connectivity index (χ1) is 12.6. The highest BCUT2D eigenvalue weighted by atomic mass is 16.5.